The zero-order chi connectivity index (χ0) is 21.8. The highest BCUT2D eigenvalue weighted by Crippen LogP contribution is 2.35. The monoisotopic (exact) mass is 433 g/mol. The first kappa shape index (κ1) is 28.0. The summed E-state index contributed by atoms with van der Waals surface area (Å²) in [5.74, 6) is -0.175. The molecular formula is C21H40NO6P. The molecule has 4 N–H and O–H groups in total. The summed E-state index contributed by atoms with van der Waals surface area (Å²) in [5.41, 5.74) is 0. The van der Waals surface area contributed by atoms with Crippen molar-refractivity contribution in [3.8, 4) is 0 Å². The zero-order valence-electron chi connectivity index (χ0n) is 17.8. The van der Waals surface area contributed by atoms with E-state index >= 15 is 0 Å². The van der Waals surface area contributed by atoms with Crippen LogP contribution in [0.15, 0.2) is 24.3 Å². The van der Waals surface area contributed by atoms with Gasteiger partial charge in [-0.15, -0.1) is 0 Å². The summed E-state index contributed by atoms with van der Waals surface area (Å²) in [6, 6.07) is 0. The second-order valence-electron chi connectivity index (χ2n) is 7.22. The zero-order valence-corrected chi connectivity index (χ0v) is 18.7. The Hall–Kier alpha value is -0.980. The number of allylic oxidation sites excluding steroid dienone is 4. The number of carbonyl (C=O) groups is 1. The van der Waals surface area contributed by atoms with E-state index in [4.69, 9.17) is 9.79 Å². The second kappa shape index (κ2) is 19.0. The highest BCUT2D eigenvalue weighted by molar-refractivity contribution is 7.46. The minimum Gasteiger partial charge on any atom is -0.389 e. The fourth-order valence-electron chi connectivity index (χ4n) is 2.66. The lowest BCUT2D eigenvalue weighted by atomic mass is 10.1. The molecular weight excluding hydrogens is 393 g/mol. The van der Waals surface area contributed by atoms with E-state index in [0.29, 0.717) is 6.42 Å². The molecule has 29 heavy (non-hydrogen) atoms. The third kappa shape index (κ3) is 23.2. The van der Waals surface area contributed by atoms with Gasteiger partial charge in [0.25, 0.3) is 0 Å². The molecule has 8 heteroatoms. The van der Waals surface area contributed by atoms with Crippen LogP contribution in [0, 0.1) is 0 Å². The van der Waals surface area contributed by atoms with Crippen molar-refractivity contribution in [2.24, 2.45) is 0 Å². The van der Waals surface area contributed by atoms with Gasteiger partial charge in [0.15, 0.2) is 0 Å². The van der Waals surface area contributed by atoms with E-state index in [0.717, 1.165) is 44.9 Å². The SMILES string of the molecule is CCCCC/C=C\C/C=C\CCCCCCCC(=O)NCC(O)COP(=O)(O)O. The van der Waals surface area contributed by atoms with Gasteiger partial charge >= 0.3 is 7.82 Å². The number of hydrogen-bond donors (Lipinski definition) is 4. The molecule has 0 aromatic rings. The summed E-state index contributed by atoms with van der Waals surface area (Å²) in [4.78, 5) is 28.7. The molecule has 0 aromatic heterocycles. The first-order valence-electron chi connectivity index (χ1n) is 10.8. The molecule has 1 amide bonds. The van der Waals surface area contributed by atoms with Crippen LogP contribution >= 0.6 is 7.82 Å². The average molecular weight is 434 g/mol. The normalized spacial score (nSPS) is 13.4. The van der Waals surface area contributed by atoms with E-state index in [9.17, 15) is 14.5 Å². The predicted molar refractivity (Wildman–Crippen MR) is 116 cm³/mol. The van der Waals surface area contributed by atoms with Crippen LogP contribution in [0.2, 0.25) is 0 Å². The number of phosphoric ester groups is 1. The van der Waals surface area contributed by atoms with Gasteiger partial charge in [-0.2, -0.15) is 0 Å². The van der Waals surface area contributed by atoms with Gasteiger partial charge in [-0.3, -0.25) is 9.32 Å². The molecule has 1 unspecified atom stereocenters. The van der Waals surface area contributed by atoms with Crippen molar-refractivity contribution in [1.82, 2.24) is 5.32 Å². The molecule has 0 aliphatic heterocycles. The number of aliphatic hydroxyl groups excluding tert-OH is 1. The molecule has 0 rings (SSSR count). The highest BCUT2D eigenvalue weighted by atomic mass is 31.2. The van der Waals surface area contributed by atoms with Crippen LogP contribution in [-0.2, 0) is 13.9 Å². The number of phosphoric acid groups is 1. The van der Waals surface area contributed by atoms with Gasteiger partial charge in [-0.1, -0.05) is 63.3 Å². The van der Waals surface area contributed by atoms with Crippen molar-refractivity contribution in [3.63, 3.8) is 0 Å². The molecule has 170 valence electrons. The molecule has 0 saturated heterocycles. The lowest BCUT2D eigenvalue weighted by molar-refractivity contribution is -0.121. The first-order chi connectivity index (χ1) is 13.8. The average Bonchev–Trinajstić information content (AvgIpc) is 2.67. The summed E-state index contributed by atoms with van der Waals surface area (Å²) in [6.07, 6.45) is 20.6. The number of nitrogens with one attached hydrogen (secondary N) is 1. The Balaban J connectivity index is 3.44. The van der Waals surface area contributed by atoms with Crippen molar-refractivity contribution < 1.29 is 28.8 Å². The van der Waals surface area contributed by atoms with Gasteiger partial charge in [0.1, 0.15) is 0 Å². The van der Waals surface area contributed by atoms with Crippen molar-refractivity contribution in [2.75, 3.05) is 13.2 Å². The maximum Gasteiger partial charge on any atom is 0.469 e. The maximum atomic E-state index is 11.7. The fraction of sp³-hybridized carbons (Fsp3) is 0.762. The molecule has 1 atom stereocenters. The third-order valence-electron chi connectivity index (χ3n) is 4.32. The van der Waals surface area contributed by atoms with Gasteiger partial charge in [0.2, 0.25) is 5.91 Å². The van der Waals surface area contributed by atoms with Gasteiger partial charge in [-0.25, -0.2) is 4.57 Å². The molecule has 0 spiro atoms. The molecule has 0 fully saturated rings. The van der Waals surface area contributed by atoms with Crippen LogP contribution in [0.1, 0.15) is 84.0 Å². The van der Waals surface area contributed by atoms with E-state index in [2.05, 4.69) is 41.1 Å². The molecule has 0 aliphatic rings. The second-order valence-corrected chi connectivity index (χ2v) is 8.46. The number of rotatable bonds is 19. The molecule has 0 aromatic carbocycles. The van der Waals surface area contributed by atoms with Gasteiger partial charge in [0, 0.05) is 13.0 Å². The number of carbonyl (C=O) groups excluding carboxylic acids is 1. The summed E-state index contributed by atoms with van der Waals surface area (Å²) >= 11 is 0. The maximum absolute atomic E-state index is 11.7. The molecule has 7 nitrogen and oxygen atoms in total. The Bertz CT molecular complexity index is 503. The first-order valence-corrected chi connectivity index (χ1v) is 12.3. The predicted octanol–water partition coefficient (Wildman–Crippen LogP) is 4.39. The summed E-state index contributed by atoms with van der Waals surface area (Å²) in [6.45, 7) is 1.61. The van der Waals surface area contributed by atoms with E-state index in [1.165, 1.54) is 25.7 Å². The minimum atomic E-state index is -4.59. The summed E-state index contributed by atoms with van der Waals surface area (Å²) in [7, 11) is -4.59. The standard InChI is InChI=1S/C21H40NO6P/c1-2-3-4-5-6-7-8-9-10-11-12-13-14-15-16-17-21(24)22-18-20(23)19-28-29(25,26)27/h6-7,9-10,20,23H,2-5,8,11-19H2,1H3,(H,22,24)(H2,25,26,27)/b7-6-,10-9-. The van der Waals surface area contributed by atoms with Crippen LogP contribution in [0.5, 0.6) is 0 Å². The topological polar surface area (TPSA) is 116 Å². The number of aliphatic hydroxyl groups is 1. The van der Waals surface area contributed by atoms with Gasteiger partial charge < -0.3 is 20.2 Å². The van der Waals surface area contributed by atoms with Crippen LogP contribution < -0.4 is 5.32 Å². The molecule has 0 bridgehead atoms. The molecule has 0 aliphatic carbocycles. The van der Waals surface area contributed by atoms with Crippen LogP contribution in [0.3, 0.4) is 0 Å². The molecule has 0 radical (unpaired) electrons. The van der Waals surface area contributed by atoms with Crippen molar-refractivity contribution >= 4 is 13.7 Å². The quantitative estimate of drug-likeness (QED) is 0.136. The van der Waals surface area contributed by atoms with E-state index in [1.807, 2.05) is 0 Å². The molecule has 0 saturated carbocycles. The highest BCUT2D eigenvalue weighted by Gasteiger charge is 2.17. The Labute approximate surface area is 175 Å². The van der Waals surface area contributed by atoms with E-state index < -0.39 is 20.5 Å². The smallest absolute Gasteiger partial charge is 0.389 e. The minimum absolute atomic E-state index is 0.0842. The Kier molecular flexibility index (Phi) is 18.4. The number of amides is 1. The largest absolute Gasteiger partial charge is 0.469 e. The van der Waals surface area contributed by atoms with Crippen molar-refractivity contribution in [3.05, 3.63) is 24.3 Å². The Morgan fingerprint density at radius 2 is 1.55 bits per heavy atom. The molecule has 0 heterocycles. The number of unbranched alkanes of at least 4 members (excludes halogenated alkanes) is 8. The Morgan fingerprint density at radius 1 is 0.966 bits per heavy atom. The third-order valence-corrected chi connectivity index (χ3v) is 4.81. The fourth-order valence-corrected chi connectivity index (χ4v) is 3.03. The van der Waals surface area contributed by atoms with Gasteiger partial charge in [-0.05, 0) is 38.5 Å². The van der Waals surface area contributed by atoms with Crippen LogP contribution in [0.25, 0.3) is 0 Å². The van der Waals surface area contributed by atoms with Crippen LogP contribution in [-0.4, -0.2) is 40.1 Å². The lowest BCUT2D eigenvalue weighted by Gasteiger charge is -2.12. The number of hydrogen-bond acceptors (Lipinski definition) is 4. The van der Waals surface area contributed by atoms with Crippen molar-refractivity contribution in [2.45, 2.75) is 90.1 Å². The van der Waals surface area contributed by atoms with Crippen LogP contribution in [0.4, 0.5) is 0 Å². The van der Waals surface area contributed by atoms with Crippen molar-refractivity contribution in [1.29, 1.82) is 0 Å². The summed E-state index contributed by atoms with van der Waals surface area (Å²) in [5, 5.41) is 12.0. The van der Waals surface area contributed by atoms with E-state index in [-0.39, 0.29) is 12.5 Å². The lowest BCUT2D eigenvalue weighted by Crippen LogP contribution is -2.34. The van der Waals surface area contributed by atoms with E-state index in [1.54, 1.807) is 0 Å². The summed E-state index contributed by atoms with van der Waals surface area (Å²) < 4.78 is 14.7. The van der Waals surface area contributed by atoms with Gasteiger partial charge in [0.05, 0.1) is 12.7 Å². The Morgan fingerprint density at radius 3 is 2.17 bits per heavy atom.